The monoisotopic (exact) mass is 506 g/mol. The maximum atomic E-state index is 13.8. The van der Waals surface area contributed by atoms with Crippen LogP contribution in [0.3, 0.4) is 0 Å². The molecule has 0 aliphatic carbocycles. The van der Waals surface area contributed by atoms with Gasteiger partial charge in [-0.2, -0.15) is 0 Å². The Morgan fingerprint density at radius 2 is 1.75 bits per heavy atom. The van der Waals surface area contributed by atoms with Gasteiger partial charge in [0.05, 0.1) is 23.7 Å². The summed E-state index contributed by atoms with van der Waals surface area (Å²) >= 11 is 1.44. The van der Waals surface area contributed by atoms with Crippen molar-refractivity contribution < 1.29 is 14.0 Å². The van der Waals surface area contributed by atoms with Crippen LogP contribution >= 0.6 is 11.8 Å². The van der Waals surface area contributed by atoms with E-state index in [9.17, 15) is 14.0 Å². The van der Waals surface area contributed by atoms with Crippen LogP contribution in [0.5, 0.6) is 0 Å². The topological polar surface area (TPSA) is 56.2 Å². The first-order valence-electron chi connectivity index (χ1n) is 11.9. The first-order chi connectivity index (χ1) is 17.2. The molecule has 0 spiro atoms. The van der Waals surface area contributed by atoms with Crippen LogP contribution in [0.2, 0.25) is 0 Å². The molecule has 188 valence electrons. The predicted octanol–water partition coefficient (Wildman–Crippen LogP) is 5.32. The molecule has 2 aliphatic heterocycles. The Morgan fingerprint density at radius 1 is 1.08 bits per heavy atom. The van der Waals surface area contributed by atoms with Gasteiger partial charge < -0.3 is 14.7 Å². The van der Waals surface area contributed by atoms with E-state index in [4.69, 9.17) is 4.99 Å². The first-order valence-corrected chi connectivity index (χ1v) is 12.8. The molecule has 0 saturated carbocycles. The molecule has 0 radical (unpaired) electrons. The fraction of sp³-hybridized carbons (Fsp3) is 0.321. The summed E-state index contributed by atoms with van der Waals surface area (Å²) < 4.78 is 13.8. The largest absolute Gasteiger partial charge is 0.341 e. The summed E-state index contributed by atoms with van der Waals surface area (Å²) in [6.45, 7) is 6.25. The summed E-state index contributed by atoms with van der Waals surface area (Å²) in [4.78, 5) is 36.9. The number of hydrogen-bond acceptors (Lipinski definition) is 5. The van der Waals surface area contributed by atoms with Gasteiger partial charge in [0.2, 0.25) is 5.91 Å². The number of thioether (sulfide) groups is 1. The number of carbonyl (C=O) groups is 2. The molecule has 2 aromatic carbocycles. The summed E-state index contributed by atoms with van der Waals surface area (Å²) in [5, 5.41) is 2.63. The molecule has 6 nitrogen and oxygen atoms in total. The number of fused-ring (bicyclic) bond motifs is 1. The zero-order valence-corrected chi connectivity index (χ0v) is 22.1. The molecule has 0 fully saturated rings. The Balaban J connectivity index is 1.66. The second-order valence-electron chi connectivity index (χ2n) is 9.37. The van der Waals surface area contributed by atoms with Crippen molar-refractivity contribution in [1.29, 1.82) is 0 Å². The lowest BCUT2D eigenvalue weighted by atomic mass is 9.92. The second-order valence-corrected chi connectivity index (χ2v) is 10.2. The number of aliphatic imine (C=N–C) groups is 1. The van der Waals surface area contributed by atoms with Gasteiger partial charge in [-0.05, 0) is 49.4 Å². The fourth-order valence-corrected chi connectivity index (χ4v) is 5.23. The third-order valence-corrected chi connectivity index (χ3v) is 7.42. The Bertz CT molecular complexity index is 1240. The average molecular weight is 507 g/mol. The number of amidine groups is 1. The van der Waals surface area contributed by atoms with Crippen LogP contribution in [0.25, 0.3) is 0 Å². The Labute approximate surface area is 216 Å². The highest BCUT2D eigenvalue weighted by molar-refractivity contribution is 8.16. The van der Waals surface area contributed by atoms with E-state index in [1.807, 2.05) is 61.4 Å². The van der Waals surface area contributed by atoms with Crippen LogP contribution < -0.4 is 0 Å². The van der Waals surface area contributed by atoms with E-state index in [1.165, 1.54) is 23.9 Å². The van der Waals surface area contributed by atoms with Crippen molar-refractivity contribution in [3.63, 3.8) is 0 Å². The quantitative estimate of drug-likeness (QED) is 0.510. The summed E-state index contributed by atoms with van der Waals surface area (Å²) in [5.41, 5.74) is 3.74. The molecule has 2 aromatic rings. The van der Waals surface area contributed by atoms with Crippen LogP contribution in [-0.2, 0) is 16.1 Å². The van der Waals surface area contributed by atoms with E-state index in [0.717, 1.165) is 16.8 Å². The maximum Gasteiger partial charge on any atom is 0.254 e. The molecular weight excluding hydrogens is 475 g/mol. The second kappa shape index (κ2) is 10.7. The van der Waals surface area contributed by atoms with Gasteiger partial charge in [0.1, 0.15) is 5.82 Å². The van der Waals surface area contributed by atoms with Gasteiger partial charge in [0, 0.05) is 32.4 Å². The van der Waals surface area contributed by atoms with E-state index >= 15 is 0 Å². The van der Waals surface area contributed by atoms with E-state index in [-0.39, 0.29) is 30.1 Å². The molecular formula is C28H31FN4O2S. The van der Waals surface area contributed by atoms with Crippen LogP contribution in [-0.4, -0.2) is 51.8 Å². The van der Waals surface area contributed by atoms with Crippen LogP contribution in [0.4, 0.5) is 4.39 Å². The molecule has 1 atom stereocenters. The summed E-state index contributed by atoms with van der Waals surface area (Å²) in [6.07, 6.45) is 0.160. The number of carbonyl (C=O) groups excluding carboxylic acids is 2. The zero-order valence-electron chi connectivity index (χ0n) is 21.2. The van der Waals surface area contributed by atoms with E-state index in [1.54, 1.807) is 36.0 Å². The molecule has 0 bridgehead atoms. The molecule has 0 aromatic heterocycles. The van der Waals surface area contributed by atoms with Crippen molar-refractivity contribution in [2.45, 2.75) is 45.8 Å². The van der Waals surface area contributed by atoms with Crippen molar-refractivity contribution in [2.24, 2.45) is 4.99 Å². The van der Waals surface area contributed by atoms with E-state index in [2.05, 4.69) is 0 Å². The molecule has 2 heterocycles. The minimum absolute atomic E-state index is 0.00627. The van der Waals surface area contributed by atoms with Gasteiger partial charge in [-0.1, -0.05) is 54.2 Å². The van der Waals surface area contributed by atoms with Crippen molar-refractivity contribution in [3.05, 3.63) is 93.9 Å². The van der Waals surface area contributed by atoms with Crippen molar-refractivity contribution in [3.8, 4) is 0 Å². The zero-order chi connectivity index (χ0) is 26.0. The summed E-state index contributed by atoms with van der Waals surface area (Å²) in [5.74, 6) is -0.521. The molecule has 0 N–H and O–H groups in total. The van der Waals surface area contributed by atoms with Crippen LogP contribution in [0, 0.1) is 5.82 Å². The van der Waals surface area contributed by atoms with Gasteiger partial charge in [-0.15, -0.1) is 0 Å². The number of benzene rings is 2. The molecule has 2 amide bonds. The third-order valence-electron chi connectivity index (χ3n) is 6.53. The molecule has 0 saturated heterocycles. The predicted molar refractivity (Wildman–Crippen MR) is 142 cm³/mol. The minimum Gasteiger partial charge on any atom is -0.341 e. The number of halogens is 1. The Hall–Kier alpha value is -3.39. The van der Waals surface area contributed by atoms with Gasteiger partial charge in [0.25, 0.3) is 5.91 Å². The first kappa shape index (κ1) is 25.7. The van der Waals surface area contributed by atoms with Gasteiger partial charge in [-0.3, -0.25) is 9.59 Å². The number of hydrogen-bond donors (Lipinski definition) is 0. The molecule has 8 heteroatoms. The maximum absolute atomic E-state index is 13.8. The van der Waals surface area contributed by atoms with E-state index < -0.39 is 6.04 Å². The van der Waals surface area contributed by atoms with Gasteiger partial charge >= 0.3 is 0 Å². The highest BCUT2D eigenvalue weighted by atomic mass is 32.2. The van der Waals surface area contributed by atoms with E-state index in [0.29, 0.717) is 23.0 Å². The Kier molecular flexibility index (Phi) is 7.64. The smallest absolute Gasteiger partial charge is 0.254 e. The lowest BCUT2D eigenvalue weighted by Gasteiger charge is -2.38. The lowest BCUT2D eigenvalue weighted by Crippen LogP contribution is -2.42. The molecule has 4 rings (SSSR count). The van der Waals surface area contributed by atoms with Crippen molar-refractivity contribution in [1.82, 2.24) is 14.7 Å². The summed E-state index contributed by atoms with van der Waals surface area (Å²) in [7, 11) is 3.56. The molecule has 2 aliphatic rings. The van der Waals surface area contributed by atoms with Gasteiger partial charge in [0.15, 0.2) is 5.17 Å². The number of likely N-dealkylation sites (N-methyl/N-ethyl adjacent to an activating group) is 1. The fourth-order valence-electron chi connectivity index (χ4n) is 4.26. The SMILES string of the molecule is CC1=C(C(=O)N(C)C(C)C)C(c2ccc(F)cc2)N2C(CC(=O)N(C)Cc3ccccc3)=CSC2=N1. The lowest BCUT2D eigenvalue weighted by molar-refractivity contribution is -0.130. The average Bonchev–Trinajstić information content (AvgIpc) is 3.25. The third kappa shape index (κ3) is 5.23. The normalized spacial score (nSPS) is 17.1. The highest BCUT2D eigenvalue weighted by Crippen LogP contribution is 2.45. The number of nitrogens with zero attached hydrogens (tertiary/aromatic N) is 4. The molecule has 36 heavy (non-hydrogen) atoms. The number of amides is 2. The van der Waals surface area contributed by atoms with Crippen LogP contribution in [0.1, 0.15) is 44.4 Å². The van der Waals surface area contributed by atoms with Crippen molar-refractivity contribution >= 4 is 28.7 Å². The number of rotatable bonds is 7. The summed E-state index contributed by atoms with van der Waals surface area (Å²) in [6, 6.07) is 15.5. The van der Waals surface area contributed by atoms with Crippen LogP contribution in [0.15, 0.2) is 82.0 Å². The molecule has 1 unspecified atom stereocenters. The minimum atomic E-state index is -0.514. The Morgan fingerprint density at radius 3 is 2.39 bits per heavy atom. The van der Waals surface area contributed by atoms with Crippen molar-refractivity contribution in [2.75, 3.05) is 14.1 Å². The number of allylic oxidation sites excluding steroid dienone is 1. The highest BCUT2D eigenvalue weighted by Gasteiger charge is 2.41. The standard InChI is InChI=1S/C28H31FN4O2S/c1-18(2)32(5)27(35)25-19(3)30-28-33(26(25)21-11-13-22(29)14-12-21)23(17-36-28)15-24(34)31(4)16-20-9-7-6-8-10-20/h6-14,17-18,26H,15-16H2,1-5H3. The van der Waals surface area contributed by atoms with Gasteiger partial charge in [-0.25, -0.2) is 9.38 Å².